The zero-order valence-electron chi connectivity index (χ0n) is 11.4. The topological polar surface area (TPSA) is 46.5 Å². The van der Waals surface area contributed by atoms with Gasteiger partial charge >= 0.3 is 6.18 Å². The van der Waals surface area contributed by atoms with Gasteiger partial charge in [0.1, 0.15) is 11.6 Å². The van der Waals surface area contributed by atoms with Gasteiger partial charge in [0.2, 0.25) is 0 Å². The molecule has 3 rings (SSSR count). The van der Waals surface area contributed by atoms with E-state index in [2.05, 4.69) is 15.5 Å². The lowest BCUT2D eigenvalue weighted by Gasteiger charge is -2.18. The molecule has 0 amide bonds. The summed E-state index contributed by atoms with van der Waals surface area (Å²) in [5.41, 5.74) is 3.55. The summed E-state index contributed by atoms with van der Waals surface area (Å²) in [7, 11) is 0. The van der Waals surface area contributed by atoms with E-state index in [1.165, 1.54) is 6.07 Å². The van der Waals surface area contributed by atoms with E-state index in [0.29, 0.717) is 13.0 Å². The van der Waals surface area contributed by atoms with E-state index in [4.69, 9.17) is 4.74 Å². The summed E-state index contributed by atoms with van der Waals surface area (Å²) >= 11 is 0. The maximum Gasteiger partial charge on any atom is 0.417 e. The Bertz CT molecular complexity index is 696. The number of ether oxygens (including phenoxy) is 1. The second-order valence-corrected chi connectivity index (χ2v) is 4.69. The average molecular weight is 307 g/mol. The minimum atomic E-state index is -4.39. The lowest BCUT2D eigenvalue weighted by Crippen LogP contribution is -2.17. The SMILES string of the molecule is FC(F)(F)c1ccc(NN=C2CCOc3ccccc32)nc1. The van der Waals surface area contributed by atoms with Crippen LogP contribution in [0.1, 0.15) is 17.5 Å². The predicted molar refractivity (Wildman–Crippen MR) is 76.0 cm³/mol. The molecule has 0 spiro atoms. The van der Waals surface area contributed by atoms with E-state index in [0.717, 1.165) is 29.3 Å². The van der Waals surface area contributed by atoms with Gasteiger partial charge in [0, 0.05) is 18.2 Å². The van der Waals surface area contributed by atoms with Crippen molar-refractivity contribution in [3.63, 3.8) is 0 Å². The number of nitrogens with one attached hydrogen (secondary N) is 1. The van der Waals surface area contributed by atoms with E-state index in [1.807, 2.05) is 24.3 Å². The van der Waals surface area contributed by atoms with E-state index in [9.17, 15) is 13.2 Å². The van der Waals surface area contributed by atoms with E-state index < -0.39 is 11.7 Å². The quantitative estimate of drug-likeness (QED) is 0.861. The third kappa shape index (κ3) is 3.03. The Kier molecular flexibility index (Phi) is 3.70. The molecular formula is C15H12F3N3O. The first-order valence-electron chi connectivity index (χ1n) is 6.62. The minimum absolute atomic E-state index is 0.254. The molecule has 1 aliphatic heterocycles. The smallest absolute Gasteiger partial charge is 0.417 e. The zero-order valence-corrected chi connectivity index (χ0v) is 11.4. The largest absolute Gasteiger partial charge is 0.492 e. The van der Waals surface area contributed by atoms with Gasteiger partial charge in [-0.2, -0.15) is 18.3 Å². The normalized spacial score (nSPS) is 16.0. The maximum atomic E-state index is 12.5. The van der Waals surface area contributed by atoms with Crippen LogP contribution < -0.4 is 10.2 Å². The number of alkyl halides is 3. The molecule has 4 nitrogen and oxygen atoms in total. The molecule has 0 saturated heterocycles. The highest BCUT2D eigenvalue weighted by atomic mass is 19.4. The van der Waals surface area contributed by atoms with Gasteiger partial charge < -0.3 is 4.74 Å². The van der Waals surface area contributed by atoms with Crippen molar-refractivity contribution < 1.29 is 17.9 Å². The number of aromatic nitrogens is 1. The van der Waals surface area contributed by atoms with Gasteiger partial charge in [-0.3, -0.25) is 5.43 Å². The molecule has 0 aliphatic carbocycles. The van der Waals surface area contributed by atoms with Crippen molar-refractivity contribution in [1.82, 2.24) is 4.98 Å². The second kappa shape index (κ2) is 5.67. The van der Waals surface area contributed by atoms with Crippen LogP contribution in [0.5, 0.6) is 5.75 Å². The molecule has 0 unspecified atom stereocenters. The predicted octanol–water partition coefficient (Wildman–Crippen LogP) is 3.70. The van der Waals surface area contributed by atoms with Crippen LogP contribution in [0.4, 0.5) is 19.0 Å². The average Bonchev–Trinajstić information content (AvgIpc) is 2.52. The summed E-state index contributed by atoms with van der Waals surface area (Å²) in [4.78, 5) is 3.72. The molecule has 0 fully saturated rings. The zero-order chi connectivity index (χ0) is 15.6. The lowest BCUT2D eigenvalue weighted by atomic mass is 10.0. The van der Waals surface area contributed by atoms with E-state index in [-0.39, 0.29) is 5.82 Å². The summed E-state index contributed by atoms with van der Waals surface area (Å²) in [6, 6.07) is 9.69. The van der Waals surface area contributed by atoms with Gasteiger partial charge in [0.05, 0.1) is 17.9 Å². The van der Waals surface area contributed by atoms with E-state index >= 15 is 0 Å². The van der Waals surface area contributed by atoms with Crippen molar-refractivity contribution >= 4 is 11.5 Å². The highest BCUT2D eigenvalue weighted by Crippen LogP contribution is 2.29. The molecule has 2 aromatic rings. The molecule has 2 heterocycles. The molecule has 22 heavy (non-hydrogen) atoms. The van der Waals surface area contributed by atoms with E-state index in [1.54, 1.807) is 0 Å². The number of rotatable bonds is 2. The number of hydrogen-bond donors (Lipinski definition) is 1. The highest BCUT2D eigenvalue weighted by Gasteiger charge is 2.30. The molecule has 1 N–H and O–H groups in total. The summed E-state index contributed by atoms with van der Waals surface area (Å²) in [6.45, 7) is 0.512. The van der Waals surface area contributed by atoms with Crippen molar-refractivity contribution in [2.24, 2.45) is 5.10 Å². The van der Waals surface area contributed by atoms with Crippen LogP contribution in [0.3, 0.4) is 0 Å². The Hall–Kier alpha value is -2.57. The van der Waals surface area contributed by atoms with Crippen molar-refractivity contribution in [3.05, 3.63) is 53.7 Å². The van der Waals surface area contributed by atoms with Gasteiger partial charge in [0.15, 0.2) is 0 Å². The first-order chi connectivity index (χ1) is 10.5. The van der Waals surface area contributed by atoms with Crippen LogP contribution in [0.2, 0.25) is 0 Å². The molecular weight excluding hydrogens is 295 g/mol. The fraction of sp³-hybridized carbons (Fsp3) is 0.200. The molecule has 7 heteroatoms. The molecule has 0 radical (unpaired) electrons. The third-order valence-electron chi connectivity index (χ3n) is 3.19. The maximum absolute atomic E-state index is 12.5. The lowest BCUT2D eigenvalue weighted by molar-refractivity contribution is -0.137. The molecule has 1 aromatic carbocycles. The Balaban J connectivity index is 1.78. The highest BCUT2D eigenvalue weighted by molar-refractivity contribution is 6.04. The second-order valence-electron chi connectivity index (χ2n) is 4.69. The van der Waals surface area contributed by atoms with Crippen LogP contribution in [0.25, 0.3) is 0 Å². The molecule has 0 atom stereocenters. The van der Waals surface area contributed by atoms with Gasteiger partial charge in [-0.25, -0.2) is 4.98 Å². The summed E-state index contributed by atoms with van der Waals surface area (Å²) in [5, 5.41) is 4.23. The summed E-state index contributed by atoms with van der Waals surface area (Å²) in [6.07, 6.45) is -3.00. The molecule has 1 aliphatic rings. The van der Waals surface area contributed by atoms with Crippen molar-refractivity contribution in [2.45, 2.75) is 12.6 Å². The number of fused-ring (bicyclic) bond motifs is 1. The monoisotopic (exact) mass is 307 g/mol. The van der Waals surface area contributed by atoms with Crippen LogP contribution in [0, 0.1) is 0 Å². The molecule has 1 aromatic heterocycles. The first-order valence-corrected chi connectivity index (χ1v) is 6.62. The number of pyridine rings is 1. The number of benzene rings is 1. The molecule has 114 valence electrons. The number of para-hydroxylation sites is 1. The van der Waals surface area contributed by atoms with Crippen molar-refractivity contribution in [3.8, 4) is 5.75 Å². The van der Waals surface area contributed by atoms with Gasteiger partial charge in [-0.1, -0.05) is 12.1 Å². The number of hydrogen-bond acceptors (Lipinski definition) is 4. The summed E-state index contributed by atoms with van der Waals surface area (Å²) < 4.78 is 42.9. The number of hydrazone groups is 1. The number of nitrogens with zero attached hydrogens (tertiary/aromatic N) is 2. The van der Waals surface area contributed by atoms with Crippen LogP contribution in [-0.2, 0) is 6.18 Å². The Morgan fingerprint density at radius 1 is 1.14 bits per heavy atom. The molecule has 0 saturated carbocycles. The van der Waals surface area contributed by atoms with Crippen LogP contribution >= 0.6 is 0 Å². The van der Waals surface area contributed by atoms with Gasteiger partial charge in [-0.15, -0.1) is 0 Å². The Morgan fingerprint density at radius 3 is 2.68 bits per heavy atom. The fourth-order valence-corrected chi connectivity index (χ4v) is 2.09. The Morgan fingerprint density at radius 2 is 1.95 bits per heavy atom. The summed E-state index contributed by atoms with van der Waals surface area (Å²) in [5.74, 6) is 0.999. The Labute approximate surface area is 124 Å². The van der Waals surface area contributed by atoms with Crippen molar-refractivity contribution in [2.75, 3.05) is 12.0 Å². The third-order valence-corrected chi connectivity index (χ3v) is 3.19. The van der Waals surface area contributed by atoms with Gasteiger partial charge in [-0.05, 0) is 24.3 Å². The fourth-order valence-electron chi connectivity index (χ4n) is 2.09. The van der Waals surface area contributed by atoms with Crippen LogP contribution in [-0.4, -0.2) is 17.3 Å². The van der Waals surface area contributed by atoms with Crippen LogP contribution in [0.15, 0.2) is 47.7 Å². The number of anilines is 1. The number of halogens is 3. The van der Waals surface area contributed by atoms with Crippen molar-refractivity contribution in [1.29, 1.82) is 0 Å². The minimum Gasteiger partial charge on any atom is -0.492 e. The molecule has 0 bridgehead atoms. The first kappa shape index (κ1) is 14.4. The standard InChI is InChI=1S/C15H12F3N3O/c16-15(17,18)10-5-6-14(19-9-10)21-20-12-7-8-22-13-4-2-1-3-11(12)13/h1-6,9H,7-8H2,(H,19,21). The van der Waals surface area contributed by atoms with Gasteiger partial charge in [0.25, 0.3) is 0 Å².